The number of hydrogen-bond acceptors (Lipinski definition) is 1. The largest absolute Gasteiger partial charge is 0.306 e. The van der Waals surface area contributed by atoms with Gasteiger partial charge < -0.3 is 4.90 Å². The molecule has 1 nitrogen and oxygen atoms in total. The van der Waals surface area contributed by atoms with Crippen molar-refractivity contribution in [3.63, 3.8) is 0 Å². The van der Waals surface area contributed by atoms with Crippen molar-refractivity contribution in [3.05, 3.63) is 30.3 Å². The summed E-state index contributed by atoms with van der Waals surface area (Å²) in [5.41, 5.74) is 0. The first kappa shape index (κ1) is 10.9. The maximum Gasteiger partial charge on any atom is 0.0980 e. The van der Waals surface area contributed by atoms with Crippen LogP contribution in [0.15, 0.2) is 30.3 Å². The van der Waals surface area contributed by atoms with E-state index in [2.05, 4.69) is 41.8 Å². The lowest BCUT2D eigenvalue weighted by molar-refractivity contribution is 0.261. The molecular formula is C13H20NSi. The molecule has 15 heavy (non-hydrogen) atoms. The summed E-state index contributed by atoms with van der Waals surface area (Å²) in [6.45, 7) is 5.10. The van der Waals surface area contributed by atoms with E-state index in [4.69, 9.17) is 0 Å². The Balaban J connectivity index is 1.88. The predicted octanol–water partition coefficient (Wildman–Crippen LogP) is 2.04. The van der Waals surface area contributed by atoms with Gasteiger partial charge in [0.25, 0.3) is 0 Å². The molecule has 0 amide bonds. The third kappa shape index (κ3) is 3.18. The van der Waals surface area contributed by atoms with E-state index in [0.717, 1.165) is 0 Å². The first-order valence-electron chi connectivity index (χ1n) is 5.96. The van der Waals surface area contributed by atoms with Crippen molar-refractivity contribution in [1.82, 2.24) is 4.90 Å². The van der Waals surface area contributed by atoms with Gasteiger partial charge in [-0.2, -0.15) is 0 Å². The minimum absolute atomic E-state index is 0.340. The average Bonchev–Trinajstić information content (AvgIpc) is 2.31. The summed E-state index contributed by atoms with van der Waals surface area (Å²) in [5, 5.41) is 1.58. The van der Waals surface area contributed by atoms with Crippen molar-refractivity contribution in [2.24, 2.45) is 0 Å². The molecule has 1 heterocycles. The molecule has 0 aromatic heterocycles. The highest BCUT2D eigenvalue weighted by Gasteiger charge is 2.15. The van der Waals surface area contributed by atoms with Crippen LogP contribution in [-0.2, 0) is 0 Å². The van der Waals surface area contributed by atoms with Crippen LogP contribution in [0.1, 0.15) is 19.3 Å². The second kappa shape index (κ2) is 5.47. The number of rotatable bonds is 3. The predicted molar refractivity (Wildman–Crippen MR) is 68.0 cm³/mol. The minimum atomic E-state index is -0.340. The minimum Gasteiger partial charge on any atom is -0.306 e. The molecule has 1 aliphatic heterocycles. The molecule has 81 valence electrons. The Labute approximate surface area is 94.7 Å². The Bertz CT molecular complexity index is 280. The highest BCUT2D eigenvalue weighted by atomic mass is 28.3. The van der Waals surface area contributed by atoms with Gasteiger partial charge in [0.05, 0.1) is 8.80 Å². The molecule has 1 radical (unpaired) electrons. The van der Waals surface area contributed by atoms with Crippen molar-refractivity contribution in [2.75, 3.05) is 19.3 Å². The molecule has 0 N–H and O–H groups in total. The van der Waals surface area contributed by atoms with E-state index in [-0.39, 0.29) is 8.80 Å². The van der Waals surface area contributed by atoms with Crippen molar-refractivity contribution in [2.45, 2.75) is 25.8 Å². The first-order chi connectivity index (χ1) is 7.36. The van der Waals surface area contributed by atoms with Crippen LogP contribution in [0, 0.1) is 0 Å². The number of benzene rings is 1. The van der Waals surface area contributed by atoms with Crippen LogP contribution in [-0.4, -0.2) is 33.0 Å². The lowest BCUT2D eigenvalue weighted by atomic mass is 10.1. The van der Waals surface area contributed by atoms with Crippen LogP contribution in [0.3, 0.4) is 0 Å². The van der Waals surface area contributed by atoms with Crippen LogP contribution in [0.4, 0.5) is 0 Å². The lowest BCUT2D eigenvalue weighted by Crippen LogP contribution is -2.43. The monoisotopic (exact) mass is 218 g/mol. The molecule has 0 unspecified atom stereocenters. The molecule has 0 saturated carbocycles. The van der Waals surface area contributed by atoms with Gasteiger partial charge in [-0.3, -0.25) is 0 Å². The zero-order valence-electron chi connectivity index (χ0n) is 9.58. The zero-order valence-corrected chi connectivity index (χ0v) is 10.6. The zero-order chi connectivity index (χ0) is 10.5. The Morgan fingerprint density at radius 1 is 1.07 bits per heavy atom. The smallest absolute Gasteiger partial charge is 0.0980 e. The maximum absolute atomic E-state index is 2.66. The Morgan fingerprint density at radius 2 is 1.73 bits per heavy atom. The maximum atomic E-state index is 2.66. The fraction of sp³-hybridized carbons (Fsp3) is 0.538. The van der Waals surface area contributed by atoms with Crippen LogP contribution in [0.2, 0.25) is 6.55 Å². The molecule has 1 saturated heterocycles. The van der Waals surface area contributed by atoms with E-state index in [1.165, 1.54) is 38.5 Å². The van der Waals surface area contributed by atoms with E-state index in [1.54, 1.807) is 5.19 Å². The summed E-state index contributed by atoms with van der Waals surface area (Å²) in [7, 11) is -0.340. The van der Waals surface area contributed by atoms with Gasteiger partial charge in [0.2, 0.25) is 0 Å². The third-order valence-electron chi connectivity index (χ3n) is 3.18. The third-order valence-corrected chi connectivity index (χ3v) is 5.42. The topological polar surface area (TPSA) is 3.24 Å². The summed E-state index contributed by atoms with van der Waals surface area (Å²) in [4.78, 5) is 2.66. The highest BCUT2D eigenvalue weighted by molar-refractivity contribution is 6.72. The molecule has 1 aliphatic rings. The number of likely N-dealkylation sites (tertiary alicyclic amines) is 1. The Morgan fingerprint density at radius 3 is 2.40 bits per heavy atom. The van der Waals surface area contributed by atoms with Crippen LogP contribution < -0.4 is 5.19 Å². The molecule has 1 aromatic carbocycles. The van der Waals surface area contributed by atoms with Crippen molar-refractivity contribution in [3.8, 4) is 0 Å². The second-order valence-corrected chi connectivity index (χ2v) is 6.94. The van der Waals surface area contributed by atoms with E-state index in [1.807, 2.05) is 0 Å². The van der Waals surface area contributed by atoms with Gasteiger partial charge in [-0.25, -0.2) is 0 Å². The summed E-state index contributed by atoms with van der Waals surface area (Å²) in [6.07, 6.45) is 5.58. The van der Waals surface area contributed by atoms with Gasteiger partial charge in [-0.15, -0.1) is 0 Å². The Kier molecular flexibility index (Phi) is 3.98. The van der Waals surface area contributed by atoms with E-state index in [0.29, 0.717) is 0 Å². The van der Waals surface area contributed by atoms with Gasteiger partial charge in [-0.1, -0.05) is 48.5 Å². The average molecular weight is 218 g/mol. The Hall–Kier alpha value is -0.603. The van der Waals surface area contributed by atoms with Gasteiger partial charge in [0.15, 0.2) is 0 Å². The molecule has 0 spiro atoms. The molecule has 0 bridgehead atoms. The SMILES string of the molecule is C[Si](CN1CCCCC1)c1ccccc1. The molecule has 0 atom stereocenters. The molecular weight excluding hydrogens is 198 g/mol. The number of piperidine rings is 1. The summed E-state index contributed by atoms with van der Waals surface area (Å²) in [6, 6.07) is 11.0. The van der Waals surface area contributed by atoms with E-state index >= 15 is 0 Å². The van der Waals surface area contributed by atoms with Crippen molar-refractivity contribution >= 4 is 14.0 Å². The number of hydrogen-bond donors (Lipinski definition) is 0. The standard InChI is InChI=1S/C13H20NSi/c1-15(13-8-4-2-5-9-13)12-14-10-6-3-7-11-14/h2,4-5,8-9H,3,6-7,10-12H2,1H3. The van der Waals surface area contributed by atoms with Gasteiger partial charge in [0.1, 0.15) is 0 Å². The molecule has 1 aromatic rings. The molecule has 2 rings (SSSR count). The molecule has 0 aliphatic carbocycles. The van der Waals surface area contributed by atoms with Crippen LogP contribution in [0.25, 0.3) is 0 Å². The first-order valence-corrected chi connectivity index (χ1v) is 8.17. The fourth-order valence-corrected chi connectivity index (χ4v) is 4.20. The second-order valence-electron chi connectivity index (χ2n) is 4.48. The van der Waals surface area contributed by atoms with Crippen LogP contribution in [0.5, 0.6) is 0 Å². The van der Waals surface area contributed by atoms with Crippen molar-refractivity contribution in [1.29, 1.82) is 0 Å². The quantitative estimate of drug-likeness (QED) is 0.702. The fourth-order valence-electron chi connectivity index (χ4n) is 2.27. The summed E-state index contributed by atoms with van der Waals surface area (Å²) >= 11 is 0. The molecule has 2 heteroatoms. The highest BCUT2D eigenvalue weighted by Crippen LogP contribution is 2.08. The normalized spacial score (nSPS) is 18.3. The van der Waals surface area contributed by atoms with Gasteiger partial charge in [0, 0.05) is 0 Å². The molecule has 1 fully saturated rings. The van der Waals surface area contributed by atoms with E-state index in [9.17, 15) is 0 Å². The van der Waals surface area contributed by atoms with E-state index < -0.39 is 0 Å². The van der Waals surface area contributed by atoms with Gasteiger partial charge >= 0.3 is 0 Å². The summed E-state index contributed by atoms with van der Waals surface area (Å²) in [5.74, 6) is 0. The van der Waals surface area contributed by atoms with Crippen LogP contribution >= 0.6 is 0 Å². The van der Waals surface area contributed by atoms with Gasteiger partial charge in [-0.05, 0) is 32.1 Å². The number of nitrogens with zero attached hydrogens (tertiary/aromatic N) is 1. The van der Waals surface area contributed by atoms with Crippen molar-refractivity contribution < 1.29 is 0 Å². The lowest BCUT2D eigenvalue weighted by Gasteiger charge is -2.28. The summed E-state index contributed by atoms with van der Waals surface area (Å²) < 4.78 is 0.